The third kappa shape index (κ3) is 1.43. The highest BCUT2D eigenvalue weighted by molar-refractivity contribution is 5.92. The molecule has 0 aliphatic rings. The molecule has 0 aliphatic carbocycles. The lowest BCUT2D eigenvalue weighted by atomic mass is 10.2. The number of nitrogens with zero attached hydrogens (tertiary/aromatic N) is 1. The molecule has 0 atom stereocenters. The number of rotatable bonds is 1. The summed E-state index contributed by atoms with van der Waals surface area (Å²) in [4.78, 5) is 14.4. The highest BCUT2D eigenvalue weighted by atomic mass is 16.4. The number of pyridine rings is 1. The number of hydrogen-bond donors (Lipinski definition) is 3. The molecule has 0 saturated heterocycles. The summed E-state index contributed by atoms with van der Waals surface area (Å²) in [5.74, 6) is -1.91. The predicted octanol–water partition coefficient (Wildman–Crippen LogP) is 1.34. The maximum absolute atomic E-state index is 10.6. The van der Waals surface area contributed by atoms with E-state index in [2.05, 4.69) is 4.98 Å². The molecule has 1 aromatic carbocycles. The lowest BCUT2D eigenvalue weighted by Gasteiger charge is -2.02. The van der Waals surface area contributed by atoms with E-state index in [1.165, 1.54) is 18.2 Å². The Balaban J connectivity index is 2.79. The summed E-state index contributed by atoms with van der Waals surface area (Å²) in [7, 11) is 0. The molecule has 2 rings (SSSR count). The molecule has 0 spiro atoms. The van der Waals surface area contributed by atoms with Gasteiger partial charge in [0.2, 0.25) is 0 Å². The fourth-order valence-corrected chi connectivity index (χ4v) is 1.28. The van der Waals surface area contributed by atoms with Crippen LogP contribution >= 0.6 is 0 Å². The second-order valence-corrected chi connectivity index (χ2v) is 3.01. The summed E-state index contributed by atoms with van der Waals surface area (Å²) >= 11 is 0. The summed E-state index contributed by atoms with van der Waals surface area (Å²) in [5, 5.41) is 27.9. The average molecular weight is 205 g/mol. The topological polar surface area (TPSA) is 90.7 Å². The number of aromatic carboxylic acids is 1. The molecule has 3 N–H and O–H groups in total. The molecule has 0 fully saturated rings. The number of hydrogen-bond acceptors (Lipinski definition) is 4. The van der Waals surface area contributed by atoms with Crippen LogP contribution in [0.1, 0.15) is 10.5 Å². The molecule has 76 valence electrons. The van der Waals surface area contributed by atoms with Gasteiger partial charge in [-0.2, -0.15) is 0 Å². The van der Waals surface area contributed by atoms with Gasteiger partial charge in [-0.05, 0) is 18.2 Å². The van der Waals surface area contributed by atoms with E-state index in [1.54, 1.807) is 6.07 Å². The third-order valence-corrected chi connectivity index (χ3v) is 2.03. The first-order chi connectivity index (χ1) is 7.09. The van der Waals surface area contributed by atoms with Crippen molar-refractivity contribution in [3.63, 3.8) is 0 Å². The first kappa shape index (κ1) is 9.26. The fourth-order valence-electron chi connectivity index (χ4n) is 1.28. The van der Waals surface area contributed by atoms with Crippen molar-refractivity contribution in [3.05, 3.63) is 30.0 Å². The van der Waals surface area contributed by atoms with E-state index in [9.17, 15) is 15.0 Å². The van der Waals surface area contributed by atoms with Crippen LogP contribution in [0.4, 0.5) is 0 Å². The standard InChI is InChI=1S/C10H7NO4/c12-7-4-2-5-1-3-6(10(14)15)11-8(5)9(7)13/h1-4,12-13H,(H,14,15). The number of carboxylic acids is 1. The summed E-state index contributed by atoms with van der Waals surface area (Å²) in [6.45, 7) is 0. The van der Waals surface area contributed by atoms with Gasteiger partial charge in [-0.15, -0.1) is 0 Å². The van der Waals surface area contributed by atoms with Gasteiger partial charge in [0, 0.05) is 5.39 Å². The first-order valence-electron chi connectivity index (χ1n) is 4.14. The van der Waals surface area contributed by atoms with Gasteiger partial charge in [0.15, 0.2) is 11.5 Å². The molecule has 1 aromatic heterocycles. The van der Waals surface area contributed by atoms with Crippen molar-refractivity contribution in [2.75, 3.05) is 0 Å². The Bertz CT molecular complexity index is 550. The van der Waals surface area contributed by atoms with Crippen LogP contribution in [-0.4, -0.2) is 26.3 Å². The predicted molar refractivity (Wildman–Crippen MR) is 52.0 cm³/mol. The van der Waals surface area contributed by atoms with Gasteiger partial charge in [-0.3, -0.25) is 0 Å². The molecule has 0 saturated carbocycles. The molecular formula is C10H7NO4. The van der Waals surface area contributed by atoms with Crippen LogP contribution in [0.2, 0.25) is 0 Å². The zero-order valence-electron chi connectivity index (χ0n) is 7.51. The van der Waals surface area contributed by atoms with Gasteiger partial charge in [-0.1, -0.05) is 6.07 Å². The van der Waals surface area contributed by atoms with Crippen molar-refractivity contribution in [2.45, 2.75) is 0 Å². The maximum Gasteiger partial charge on any atom is 0.354 e. The number of fused-ring (bicyclic) bond motifs is 1. The van der Waals surface area contributed by atoms with E-state index in [4.69, 9.17) is 5.11 Å². The van der Waals surface area contributed by atoms with E-state index in [-0.39, 0.29) is 17.0 Å². The number of aromatic nitrogens is 1. The minimum atomic E-state index is -1.18. The van der Waals surface area contributed by atoms with Crippen molar-refractivity contribution >= 4 is 16.9 Å². The van der Waals surface area contributed by atoms with Gasteiger partial charge in [0.05, 0.1) is 0 Å². The Labute approximate surface area is 84.2 Å². The van der Waals surface area contributed by atoms with Gasteiger partial charge in [0.1, 0.15) is 11.2 Å². The molecule has 0 amide bonds. The lowest BCUT2D eigenvalue weighted by Crippen LogP contribution is -1.99. The molecule has 0 bridgehead atoms. The van der Waals surface area contributed by atoms with E-state index in [0.29, 0.717) is 5.39 Å². The van der Waals surface area contributed by atoms with Crippen LogP contribution in [0.15, 0.2) is 24.3 Å². The quantitative estimate of drug-likeness (QED) is 0.611. The molecule has 5 heteroatoms. The highest BCUT2D eigenvalue weighted by Crippen LogP contribution is 2.31. The highest BCUT2D eigenvalue weighted by Gasteiger charge is 2.10. The van der Waals surface area contributed by atoms with Crippen LogP contribution < -0.4 is 0 Å². The zero-order valence-corrected chi connectivity index (χ0v) is 7.51. The molecule has 15 heavy (non-hydrogen) atoms. The largest absolute Gasteiger partial charge is 0.504 e. The fraction of sp³-hybridized carbons (Fsp3) is 0. The van der Waals surface area contributed by atoms with Gasteiger partial charge >= 0.3 is 5.97 Å². The van der Waals surface area contributed by atoms with Crippen LogP contribution in [0.3, 0.4) is 0 Å². The van der Waals surface area contributed by atoms with Crippen LogP contribution in [0, 0.1) is 0 Å². The number of carboxylic acid groups (broad SMARTS) is 1. The average Bonchev–Trinajstić information content (AvgIpc) is 2.23. The number of phenolic OH excluding ortho intramolecular Hbond substituents is 2. The zero-order chi connectivity index (χ0) is 11.0. The van der Waals surface area contributed by atoms with Gasteiger partial charge in [-0.25, -0.2) is 9.78 Å². The van der Waals surface area contributed by atoms with Crippen LogP contribution in [0.5, 0.6) is 11.5 Å². The normalized spacial score (nSPS) is 10.4. The Kier molecular flexibility index (Phi) is 1.93. The summed E-state index contributed by atoms with van der Waals surface area (Å²) in [5.41, 5.74) is -0.0988. The second kappa shape index (κ2) is 3.13. The number of phenols is 2. The minimum Gasteiger partial charge on any atom is -0.504 e. The van der Waals surface area contributed by atoms with E-state index in [1.807, 2.05) is 0 Å². The van der Waals surface area contributed by atoms with Crippen LogP contribution in [-0.2, 0) is 0 Å². The first-order valence-corrected chi connectivity index (χ1v) is 4.14. The maximum atomic E-state index is 10.6. The minimum absolute atomic E-state index is 0.0786. The van der Waals surface area contributed by atoms with Crippen molar-refractivity contribution in [1.82, 2.24) is 4.98 Å². The number of carbonyl (C=O) groups is 1. The number of aromatic hydroxyl groups is 2. The third-order valence-electron chi connectivity index (χ3n) is 2.03. The summed E-state index contributed by atoms with van der Waals surface area (Å²) in [6, 6.07) is 5.72. The van der Waals surface area contributed by atoms with E-state index >= 15 is 0 Å². The lowest BCUT2D eigenvalue weighted by molar-refractivity contribution is 0.0691. The second-order valence-electron chi connectivity index (χ2n) is 3.01. The van der Waals surface area contributed by atoms with E-state index < -0.39 is 11.7 Å². The van der Waals surface area contributed by atoms with Crippen LogP contribution in [0.25, 0.3) is 10.9 Å². The summed E-state index contributed by atoms with van der Waals surface area (Å²) in [6.07, 6.45) is 0. The molecular weight excluding hydrogens is 198 g/mol. The smallest absolute Gasteiger partial charge is 0.354 e. The van der Waals surface area contributed by atoms with Crippen molar-refractivity contribution in [2.24, 2.45) is 0 Å². The van der Waals surface area contributed by atoms with Gasteiger partial charge < -0.3 is 15.3 Å². The molecule has 1 heterocycles. The Hall–Kier alpha value is -2.30. The van der Waals surface area contributed by atoms with E-state index in [0.717, 1.165) is 0 Å². The Morgan fingerprint density at radius 3 is 2.47 bits per heavy atom. The summed E-state index contributed by atoms with van der Waals surface area (Å²) < 4.78 is 0. The number of benzene rings is 1. The SMILES string of the molecule is O=C(O)c1ccc2ccc(O)c(O)c2n1. The van der Waals surface area contributed by atoms with Crippen molar-refractivity contribution in [1.29, 1.82) is 0 Å². The monoisotopic (exact) mass is 205 g/mol. The molecule has 0 radical (unpaired) electrons. The van der Waals surface area contributed by atoms with Crippen molar-refractivity contribution in [3.8, 4) is 11.5 Å². The molecule has 0 unspecified atom stereocenters. The molecule has 2 aromatic rings. The van der Waals surface area contributed by atoms with Crippen molar-refractivity contribution < 1.29 is 20.1 Å². The van der Waals surface area contributed by atoms with Gasteiger partial charge in [0.25, 0.3) is 0 Å². The Morgan fingerprint density at radius 1 is 1.13 bits per heavy atom. The Morgan fingerprint density at radius 2 is 1.80 bits per heavy atom. The molecule has 0 aliphatic heterocycles. The molecule has 5 nitrogen and oxygen atoms in total.